The van der Waals surface area contributed by atoms with Gasteiger partial charge in [0.05, 0.1) is 10.3 Å². The molecule has 2 aromatic heterocycles. The molecule has 0 amide bonds. The van der Waals surface area contributed by atoms with Crippen molar-refractivity contribution in [2.45, 2.75) is 23.5 Å². The molecule has 0 aliphatic heterocycles. The van der Waals surface area contributed by atoms with Gasteiger partial charge in [-0.05, 0) is 60.9 Å². The summed E-state index contributed by atoms with van der Waals surface area (Å²) >= 11 is 0. The highest BCUT2D eigenvalue weighted by atomic mass is 32.2. The van der Waals surface area contributed by atoms with E-state index in [-0.39, 0.29) is 4.90 Å². The number of nitrogens with zero attached hydrogens (tertiary/aromatic N) is 2. The Morgan fingerprint density at radius 1 is 0.853 bits per heavy atom. The van der Waals surface area contributed by atoms with Gasteiger partial charge in [-0.15, -0.1) is 0 Å². The fourth-order valence-electron chi connectivity index (χ4n) is 3.73. The van der Waals surface area contributed by atoms with Crippen LogP contribution < -0.4 is 4.73 Å². The van der Waals surface area contributed by atoms with Crippen molar-refractivity contribution in [1.29, 1.82) is 0 Å². The first-order valence-corrected chi connectivity index (χ1v) is 14.2. The quantitative estimate of drug-likeness (QED) is 0.306. The van der Waals surface area contributed by atoms with Gasteiger partial charge in [0, 0.05) is 35.2 Å². The van der Waals surface area contributed by atoms with E-state index in [1.165, 1.54) is 18.5 Å². The third kappa shape index (κ3) is 4.41. The van der Waals surface area contributed by atoms with Gasteiger partial charge in [0.15, 0.2) is 32.1 Å². The number of hydrogen-bond acceptors (Lipinski definition) is 6. The maximum Gasteiger partial charge on any atom is 0.199 e. The average Bonchev–Trinajstić information content (AvgIpc) is 2.76. The summed E-state index contributed by atoms with van der Waals surface area (Å²) in [5.41, 5.74) is 3.92. The second kappa shape index (κ2) is 8.18. The van der Waals surface area contributed by atoms with E-state index >= 15 is 0 Å². The molecule has 2 aromatic carbocycles. The van der Waals surface area contributed by atoms with E-state index in [9.17, 15) is 22.0 Å². The predicted molar refractivity (Wildman–Crippen MR) is 133 cm³/mol. The van der Waals surface area contributed by atoms with Gasteiger partial charge in [0.25, 0.3) is 0 Å². The van der Waals surface area contributed by atoms with Crippen LogP contribution in [-0.4, -0.2) is 34.3 Å². The molecule has 0 bridgehead atoms. The van der Waals surface area contributed by atoms with Crippen molar-refractivity contribution in [3.63, 3.8) is 0 Å². The topological polar surface area (TPSA) is 108 Å². The zero-order valence-corrected chi connectivity index (χ0v) is 20.8. The van der Waals surface area contributed by atoms with Crippen molar-refractivity contribution in [3.05, 3.63) is 84.0 Å². The summed E-state index contributed by atoms with van der Waals surface area (Å²) in [5, 5.41) is 12.9. The summed E-state index contributed by atoms with van der Waals surface area (Å²) in [7, 11) is -6.98. The van der Waals surface area contributed by atoms with Crippen molar-refractivity contribution >= 4 is 30.6 Å². The fourth-order valence-corrected chi connectivity index (χ4v) is 4.91. The number of benzene rings is 2. The minimum Gasteiger partial charge on any atom is -0.619 e. The summed E-state index contributed by atoms with van der Waals surface area (Å²) in [5.74, 6) is 0. The Morgan fingerprint density at radius 2 is 1.56 bits per heavy atom. The Kier molecular flexibility index (Phi) is 5.73. The smallest absolute Gasteiger partial charge is 0.199 e. The van der Waals surface area contributed by atoms with Gasteiger partial charge in [-0.2, -0.15) is 4.73 Å². The van der Waals surface area contributed by atoms with Gasteiger partial charge in [0.2, 0.25) is 0 Å². The van der Waals surface area contributed by atoms with E-state index in [2.05, 4.69) is 4.98 Å². The lowest BCUT2D eigenvalue weighted by atomic mass is 9.92. The zero-order valence-electron chi connectivity index (χ0n) is 19.2. The van der Waals surface area contributed by atoms with Crippen LogP contribution in [0.2, 0.25) is 0 Å². The second-order valence-corrected chi connectivity index (χ2v) is 13.4. The number of sulfone groups is 2. The molecule has 7 nitrogen and oxygen atoms in total. The van der Waals surface area contributed by atoms with E-state index in [0.717, 1.165) is 29.0 Å². The van der Waals surface area contributed by atoms with Crippen LogP contribution in [0.25, 0.3) is 33.2 Å². The lowest BCUT2D eigenvalue weighted by Gasteiger charge is -2.24. The fraction of sp³-hybridized carbons (Fsp3) is 0.200. The molecule has 2 heterocycles. The van der Waals surface area contributed by atoms with Crippen molar-refractivity contribution in [2.24, 2.45) is 0 Å². The molecule has 0 saturated heterocycles. The monoisotopic (exact) mass is 496 g/mol. The molecular formula is C25H24N2O5S2. The van der Waals surface area contributed by atoms with E-state index in [1.807, 2.05) is 30.3 Å². The minimum absolute atomic E-state index is 0.0746. The van der Waals surface area contributed by atoms with Crippen LogP contribution >= 0.6 is 0 Å². The summed E-state index contributed by atoms with van der Waals surface area (Å²) in [6.07, 6.45) is 6.28. The number of rotatable bonds is 5. The molecule has 0 unspecified atom stereocenters. The van der Waals surface area contributed by atoms with Gasteiger partial charge < -0.3 is 5.21 Å². The maximum atomic E-state index is 12.5. The first-order valence-electron chi connectivity index (χ1n) is 10.4. The highest BCUT2D eigenvalue weighted by molar-refractivity contribution is 7.91. The van der Waals surface area contributed by atoms with Crippen LogP contribution in [0.5, 0.6) is 0 Å². The molecule has 176 valence electrons. The number of fused-ring (bicyclic) bond motifs is 1. The largest absolute Gasteiger partial charge is 0.619 e. The highest BCUT2D eigenvalue weighted by Crippen LogP contribution is 2.37. The van der Waals surface area contributed by atoms with Crippen LogP contribution in [0.15, 0.2) is 78.1 Å². The van der Waals surface area contributed by atoms with Gasteiger partial charge in [-0.1, -0.05) is 24.3 Å². The molecule has 4 aromatic rings. The van der Waals surface area contributed by atoms with E-state index in [1.54, 1.807) is 38.2 Å². The van der Waals surface area contributed by atoms with Crippen molar-refractivity contribution in [2.75, 3.05) is 12.5 Å². The predicted octanol–water partition coefficient (Wildman–Crippen LogP) is 3.89. The summed E-state index contributed by atoms with van der Waals surface area (Å²) in [6, 6.07) is 16.1. The molecule has 0 fully saturated rings. The van der Waals surface area contributed by atoms with Crippen LogP contribution in [0.1, 0.15) is 19.4 Å². The third-order valence-electron chi connectivity index (χ3n) is 6.08. The molecule has 0 spiro atoms. The van der Waals surface area contributed by atoms with Gasteiger partial charge in [0.1, 0.15) is 4.90 Å². The number of hydrogen-bond donors (Lipinski definition) is 0. The number of aromatic nitrogens is 2. The van der Waals surface area contributed by atoms with E-state index in [4.69, 9.17) is 0 Å². The standard InChI is InChI=1S/C25H24N2O5S2/c1-25(2,34(4,31)32)21-12-19-9-6-10-26-24(19)23(14-21)18-8-5-7-17(11-18)20-13-22(33(3,29)30)16-27(28)15-20/h5-16H,1-4H3. The molecule has 4 rings (SSSR count). The van der Waals surface area contributed by atoms with Crippen molar-refractivity contribution < 1.29 is 21.6 Å². The summed E-state index contributed by atoms with van der Waals surface area (Å²) in [4.78, 5) is 4.45. The van der Waals surface area contributed by atoms with Crippen LogP contribution in [0, 0.1) is 5.21 Å². The molecule has 9 heteroatoms. The molecule has 34 heavy (non-hydrogen) atoms. The third-order valence-corrected chi connectivity index (χ3v) is 9.25. The first-order chi connectivity index (χ1) is 15.8. The number of pyridine rings is 2. The van der Waals surface area contributed by atoms with E-state index in [0.29, 0.717) is 26.9 Å². The Balaban J connectivity index is 1.96. The molecule has 0 aliphatic carbocycles. The molecular weight excluding hydrogens is 472 g/mol. The lowest BCUT2D eigenvalue weighted by molar-refractivity contribution is -0.607. The zero-order chi connectivity index (χ0) is 24.9. The second-order valence-electron chi connectivity index (χ2n) is 8.85. The van der Waals surface area contributed by atoms with Crippen molar-refractivity contribution in [1.82, 2.24) is 4.98 Å². The van der Waals surface area contributed by atoms with Crippen molar-refractivity contribution in [3.8, 4) is 22.3 Å². The molecule has 0 radical (unpaired) electrons. The summed E-state index contributed by atoms with van der Waals surface area (Å²) in [6.45, 7) is 3.34. The average molecular weight is 497 g/mol. The van der Waals surface area contributed by atoms with Crippen LogP contribution in [0.3, 0.4) is 0 Å². The Labute approximate surface area is 199 Å². The first kappa shape index (κ1) is 23.8. The SMILES string of the molecule is CC(C)(c1cc(-c2cccc(-c3cc(S(C)(=O)=O)c[n+]([O-])c3)c2)c2ncccc2c1)S(C)(=O)=O. The van der Waals surface area contributed by atoms with Gasteiger partial charge >= 0.3 is 0 Å². The molecule has 0 saturated carbocycles. The van der Waals surface area contributed by atoms with Crippen LogP contribution in [0.4, 0.5) is 0 Å². The Bertz CT molecular complexity index is 1640. The summed E-state index contributed by atoms with van der Waals surface area (Å²) < 4.78 is 48.4. The van der Waals surface area contributed by atoms with E-state index < -0.39 is 24.4 Å². The normalized spacial score (nSPS) is 12.7. The molecule has 0 aliphatic rings. The highest BCUT2D eigenvalue weighted by Gasteiger charge is 2.33. The minimum atomic E-state index is -3.57. The Hall–Kier alpha value is -3.30. The Morgan fingerprint density at radius 3 is 2.24 bits per heavy atom. The maximum absolute atomic E-state index is 12.5. The lowest BCUT2D eigenvalue weighted by Crippen LogP contribution is -2.28. The van der Waals surface area contributed by atoms with Crippen LogP contribution in [-0.2, 0) is 24.4 Å². The van der Waals surface area contributed by atoms with Gasteiger partial charge in [-0.25, -0.2) is 16.8 Å². The van der Waals surface area contributed by atoms with Gasteiger partial charge in [-0.3, -0.25) is 4.98 Å². The molecule has 0 atom stereocenters. The molecule has 0 N–H and O–H groups in total.